The summed E-state index contributed by atoms with van der Waals surface area (Å²) in [5.41, 5.74) is 5.48. The summed E-state index contributed by atoms with van der Waals surface area (Å²) in [7, 11) is 0. The lowest BCUT2D eigenvalue weighted by Crippen LogP contribution is -2.28. The van der Waals surface area contributed by atoms with Crippen molar-refractivity contribution < 1.29 is 9.53 Å². The number of benzene rings is 1. The third-order valence-corrected chi connectivity index (χ3v) is 6.25. The van der Waals surface area contributed by atoms with Crippen LogP contribution in [-0.4, -0.2) is 17.1 Å². The Hall–Kier alpha value is -3.19. The van der Waals surface area contributed by atoms with Gasteiger partial charge in [0.25, 0.3) is 0 Å². The van der Waals surface area contributed by atoms with E-state index in [-0.39, 0.29) is 18.0 Å². The van der Waals surface area contributed by atoms with Crippen molar-refractivity contribution in [1.82, 2.24) is 4.98 Å². The van der Waals surface area contributed by atoms with Crippen LogP contribution in [0.1, 0.15) is 38.4 Å². The van der Waals surface area contributed by atoms with E-state index in [1.165, 1.54) is 0 Å². The maximum atomic E-state index is 12.2. The van der Waals surface area contributed by atoms with Crippen LogP contribution in [-0.2, 0) is 9.53 Å². The third-order valence-electron chi connectivity index (χ3n) is 6.25. The summed E-state index contributed by atoms with van der Waals surface area (Å²) in [6, 6.07) is 13.7. The monoisotopic (exact) mass is 384 g/mol. The van der Waals surface area contributed by atoms with Crippen molar-refractivity contribution in [1.29, 1.82) is 5.26 Å². The van der Waals surface area contributed by atoms with Gasteiger partial charge in [-0.15, -0.1) is 0 Å². The Kier molecular flexibility index (Phi) is 5.07. The quantitative estimate of drug-likeness (QED) is 0.685. The number of ether oxygens (including phenoxy) is 1. The van der Waals surface area contributed by atoms with Crippen LogP contribution < -0.4 is 0 Å². The first kappa shape index (κ1) is 19.1. The fourth-order valence-corrected chi connectivity index (χ4v) is 4.40. The van der Waals surface area contributed by atoms with Crippen LogP contribution >= 0.6 is 0 Å². The number of cyclic esters (lactones) is 1. The van der Waals surface area contributed by atoms with Crippen LogP contribution in [0, 0.1) is 29.1 Å². The molecule has 2 aliphatic rings. The minimum atomic E-state index is -0.148. The first-order valence-corrected chi connectivity index (χ1v) is 10.1. The Labute approximate surface area is 171 Å². The normalized spacial score (nSPS) is 26.3. The first-order valence-electron chi connectivity index (χ1n) is 10.1. The molecule has 4 heteroatoms. The molecule has 1 aromatic carbocycles. The molecule has 0 saturated carbocycles. The lowest BCUT2D eigenvalue weighted by molar-refractivity contribution is -0.139. The molecule has 146 valence electrons. The van der Waals surface area contributed by atoms with Crippen LogP contribution in [0.25, 0.3) is 17.2 Å². The van der Waals surface area contributed by atoms with E-state index in [2.05, 4.69) is 31.0 Å². The lowest BCUT2D eigenvalue weighted by Gasteiger charge is -2.33. The Balaban J connectivity index is 1.58. The molecule has 0 saturated heterocycles. The number of hydrogen-bond acceptors (Lipinski definition) is 4. The van der Waals surface area contributed by atoms with Crippen LogP contribution in [0.15, 0.2) is 59.8 Å². The second kappa shape index (κ2) is 7.67. The Morgan fingerprint density at radius 3 is 2.72 bits per heavy atom. The molecule has 0 amide bonds. The summed E-state index contributed by atoms with van der Waals surface area (Å²) in [6.45, 7) is 6.41. The second-order valence-corrected chi connectivity index (χ2v) is 8.07. The molecule has 29 heavy (non-hydrogen) atoms. The third kappa shape index (κ3) is 3.61. The molecule has 0 radical (unpaired) electrons. The molecule has 0 bridgehead atoms. The number of nitriles is 1. The molecule has 2 aromatic rings. The average molecular weight is 384 g/mol. The summed E-state index contributed by atoms with van der Waals surface area (Å²) >= 11 is 0. The van der Waals surface area contributed by atoms with Crippen LogP contribution in [0.2, 0.25) is 0 Å². The molecule has 4 atom stereocenters. The van der Waals surface area contributed by atoms with Crippen LogP contribution in [0.5, 0.6) is 0 Å². The van der Waals surface area contributed by atoms with Gasteiger partial charge < -0.3 is 4.74 Å². The number of rotatable bonds is 3. The minimum absolute atomic E-state index is 0.147. The van der Waals surface area contributed by atoms with E-state index < -0.39 is 0 Å². The van der Waals surface area contributed by atoms with Gasteiger partial charge in [-0.3, -0.25) is 4.98 Å². The summed E-state index contributed by atoms with van der Waals surface area (Å²) in [5, 5.41) is 9.08. The topological polar surface area (TPSA) is 63.0 Å². The van der Waals surface area contributed by atoms with Gasteiger partial charge in [-0.25, -0.2) is 4.79 Å². The zero-order chi connectivity index (χ0) is 20.5. The van der Waals surface area contributed by atoms with Crippen molar-refractivity contribution >= 4 is 12.0 Å². The zero-order valence-corrected chi connectivity index (χ0v) is 16.9. The van der Waals surface area contributed by atoms with Gasteiger partial charge >= 0.3 is 5.97 Å². The molecule has 1 aliphatic heterocycles. The zero-order valence-electron chi connectivity index (χ0n) is 16.9. The highest BCUT2D eigenvalue weighted by molar-refractivity contribution is 5.93. The Bertz CT molecular complexity index is 1040. The van der Waals surface area contributed by atoms with Gasteiger partial charge in [0.15, 0.2) is 0 Å². The average Bonchev–Trinajstić information content (AvgIpc) is 3.02. The summed E-state index contributed by atoms with van der Waals surface area (Å²) < 4.78 is 5.49. The lowest BCUT2D eigenvalue weighted by atomic mass is 9.69. The number of pyridine rings is 1. The molecule has 1 unspecified atom stereocenters. The van der Waals surface area contributed by atoms with Gasteiger partial charge in [0.05, 0.1) is 17.3 Å². The largest absolute Gasteiger partial charge is 0.455 e. The SMILES string of the molecule is C[C@H]1OC(=O)C2=C1C(/C=C/c1ccc(-c3cccc(C#N)c3)cn1)[C@H](C)[C@@H](C)C2. The van der Waals surface area contributed by atoms with Gasteiger partial charge in [-0.1, -0.05) is 38.1 Å². The Morgan fingerprint density at radius 1 is 1.17 bits per heavy atom. The van der Waals surface area contributed by atoms with Crippen molar-refractivity contribution in [3.8, 4) is 17.2 Å². The molecule has 0 spiro atoms. The molecule has 2 heterocycles. The van der Waals surface area contributed by atoms with Gasteiger partial charge in [-0.2, -0.15) is 5.26 Å². The van der Waals surface area contributed by atoms with Crippen molar-refractivity contribution in [2.45, 2.75) is 33.3 Å². The summed E-state index contributed by atoms with van der Waals surface area (Å²) in [6.07, 6.45) is 6.70. The standard InChI is InChI=1S/C25H24N2O2/c1-15-11-23-24(17(3)29-25(23)28)22(16(15)2)10-9-21-8-7-20(14-27-21)19-6-4-5-18(12-19)13-26/h4-10,12,14-17,22H,11H2,1-3H3/b10-9+/t15-,16+,17+,22?/m0/s1. The molecule has 1 aromatic heterocycles. The predicted octanol–water partition coefficient (Wildman–Crippen LogP) is 5.17. The van der Waals surface area contributed by atoms with E-state index in [1.807, 2.05) is 49.5 Å². The van der Waals surface area contributed by atoms with E-state index in [1.54, 1.807) is 6.07 Å². The molecule has 0 N–H and O–H groups in total. The van der Waals surface area contributed by atoms with Crippen molar-refractivity contribution in [3.05, 3.63) is 71.1 Å². The van der Waals surface area contributed by atoms with Gasteiger partial charge in [-0.05, 0) is 60.6 Å². The van der Waals surface area contributed by atoms with E-state index in [0.717, 1.165) is 34.4 Å². The van der Waals surface area contributed by atoms with Gasteiger partial charge in [0.1, 0.15) is 6.10 Å². The summed E-state index contributed by atoms with van der Waals surface area (Å²) in [5.74, 6) is 0.912. The number of nitrogens with zero attached hydrogens (tertiary/aromatic N) is 2. The molecule has 1 aliphatic carbocycles. The van der Waals surface area contributed by atoms with Gasteiger partial charge in [0, 0.05) is 23.3 Å². The number of esters is 1. The first-order chi connectivity index (χ1) is 14.0. The fraction of sp³-hybridized carbons (Fsp3) is 0.320. The fourth-order valence-electron chi connectivity index (χ4n) is 4.40. The molecular formula is C25H24N2O2. The minimum Gasteiger partial charge on any atom is -0.455 e. The Morgan fingerprint density at radius 2 is 2.00 bits per heavy atom. The highest BCUT2D eigenvalue weighted by Crippen LogP contribution is 2.45. The predicted molar refractivity (Wildman–Crippen MR) is 112 cm³/mol. The second-order valence-electron chi connectivity index (χ2n) is 8.07. The number of allylic oxidation sites excluding steroid dienone is 1. The number of aromatic nitrogens is 1. The van der Waals surface area contributed by atoms with Crippen LogP contribution in [0.3, 0.4) is 0 Å². The van der Waals surface area contributed by atoms with Crippen molar-refractivity contribution in [3.63, 3.8) is 0 Å². The van der Waals surface area contributed by atoms with Crippen molar-refractivity contribution in [2.75, 3.05) is 0 Å². The van der Waals surface area contributed by atoms with E-state index in [9.17, 15) is 4.79 Å². The number of carbonyl (C=O) groups is 1. The van der Waals surface area contributed by atoms with Crippen LogP contribution in [0.4, 0.5) is 0 Å². The highest BCUT2D eigenvalue weighted by atomic mass is 16.5. The van der Waals surface area contributed by atoms with Gasteiger partial charge in [0.2, 0.25) is 0 Å². The number of carbonyl (C=O) groups excluding carboxylic acids is 1. The number of hydrogen-bond donors (Lipinski definition) is 0. The molecule has 4 nitrogen and oxygen atoms in total. The smallest absolute Gasteiger partial charge is 0.334 e. The maximum Gasteiger partial charge on any atom is 0.334 e. The molecule has 4 rings (SSSR count). The van der Waals surface area contributed by atoms with E-state index in [4.69, 9.17) is 10.00 Å². The maximum absolute atomic E-state index is 12.2. The van der Waals surface area contributed by atoms with E-state index >= 15 is 0 Å². The van der Waals surface area contributed by atoms with Crippen molar-refractivity contribution in [2.24, 2.45) is 17.8 Å². The summed E-state index contributed by atoms with van der Waals surface area (Å²) in [4.78, 5) is 16.7. The highest BCUT2D eigenvalue weighted by Gasteiger charge is 2.42. The van der Waals surface area contributed by atoms with E-state index in [0.29, 0.717) is 17.4 Å². The molecular weight excluding hydrogens is 360 g/mol. The molecule has 0 fully saturated rings.